The molecule has 1 aromatic carbocycles. The van der Waals surface area contributed by atoms with Gasteiger partial charge >= 0.3 is 0 Å². The number of methoxy groups -OCH3 is 1. The number of piperazine rings is 1. The minimum absolute atomic E-state index is 0.119. The SMILES string of the molecule is COc1ccccc1CNc1ncc(C(=O)N2CCN(C=O)CC2)cn1. The van der Waals surface area contributed by atoms with Crippen molar-refractivity contribution in [3.63, 3.8) is 0 Å². The van der Waals surface area contributed by atoms with Gasteiger partial charge in [-0.05, 0) is 6.07 Å². The number of nitrogens with zero attached hydrogens (tertiary/aromatic N) is 4. The molecule has 1 fully saturated rings. The summed E-state index contributed by atoms with van der Waals surface area (Å²) in [5, 5.41) is 3.12. The molecule has 26 heavy (non-hydrogen) atoms. The van der Waals surface area contributed by atoms with Gasteiger partial charge in [0.05, 0.1) is 12.7 Å². The van der Waals surface area contributed by atoms with Crippen LogP contribution in [0.4, 0.5) is 5.95 Å². The molecule has 8 heteroatoms. The molecule has 2 heterocycles. The van der Waals surface area contributed by atoms with E-state index in [0.717, 1.165) is 17.7 Å². The Kier molecular flexibility index (Phi) is 5.62. The number of amides is 2. The molecule has 1 N–H and O–H groups in total. The number of hydrogen-bond donors (Lipinski definition) is 1. The van der Waals surface area contributed by atoms with Crippen molar-refractivity contribution in [3.8, 4) is 5.75 Å². The van der Waals surface area contributed by atoms with Crippen LogP contribution in [-0.2, 0) is 11.3 Å². The maximum Gasteiger partial charge on any atom is 0.257 e. The van der Waals surface area contributed by atoms with Crippen LogP contribution in [0.2, 0.25) is 0 Å². The zero-order valence-corrected chi connectivity index (χ0v) is 14.6. The van der Waals surface area contributed by atoms with Gasteiger partial charge in [-0.25, -0.2) is 9.97 Å². The van der Waals surface area contributed by atoms with Crippen LogP contribution in [0.25, 0.3) is 0 Å². The number of nitrogens with one attached hydrogen (secondary N) is 1. The van der Waals surface area contributed by atoms with Crippen molar-refractivity contribution in [2.75, 3.05) is 38.6 Å². The Morgan fingerprint density at radius 1 is 1.19 bits per heavy atom. The summed E-state index contributed by atoms with van der Waals surface area (Å²) in [5.74, 6) is 1.12. The number of para-hydroxylation sites is 1. The highest BCUT2D eigenvalue weighted by atomic mass is 16.5. The van der Waals surface area contributed by atoms with E-state index >= 15 is 0 Å². The van der Waals surface area contributed by atoms with Crippen molar-refractivity contribution in [2.45, 2.75) is 6.54 Å². The number of anilines is 1. The van der Waals surface area contributed by atoms with Crippen molar-refractivity contribution < 1.29 is 14.3 Å². The first-order chi connectivity index (χ1) is 12.7. The molecular weight excluding hydrogens is 334 g/mol. The quantitative estimate of drug-likeness (QED) is 0.778. The molecule has 2 aromatic rings. The van der Waals surface area contributed by atoms with E-state index < -0.39 is 0 Å². The molecule has 1 aliphatic heterocycles. The molecule has 1 aromatic heterocycles. The molecule has 0 atom stereocenters. The third-order valence-corrected chi connectivity index (χ3v) is 4.28. The predicted molar refractivity (Wildman–Crippen MR) is 95.9 cm³/mol. The molecule has 2 amide bonds. The van der Waals surface area contributed by atoms with Crippen LogP contribution in [0.1, 0.15) is 15.9 Å². The first-order valence-corrected chi connectivity index (χ1v) is 8.37. The third kappa shape index (κ3) is 4.08. The Hall–Kier alpha value is -3.16. The van der Waals surface area contributed by atoms with E-state index in [1.165, 1.54) is 12.4 Å². The highest BCUT2D eigenvalue weighted by molar-refractivity contribution is 5.93. The van der Waals surface area contributed by atoms with E-state index in [9.17, 15) is 9.59 Å². The third-order valence-electron chi connectivity index (χ3n) is 4.28. The molecule has 0 spiro atoms. The monoisotopic (exact) mass is 355 g/mol. The van der Waals surface area contributed by atoms with Crippen LogP contribution in [-0.4, -0.2) is 65.4 Å². The smallest absolute Gasteiger partial charge is 0.257 e. The molecule has 0 unspecified atom stereocenters. The van der Waals surface area contributed by atoms with Crippen LogP contribution in [0, 0.1) is 0 Å². The largest absolute Gasteiger partial charge is 0.496 e. The van der Waals surface area contributed by atoms with Gasteiger partial charge in [-0.3, -0.25) is 9.59 Å². The first kappa shape index (κ1) is 17.7. The van der Waals surface area contributed by atoms with Crippen molar-refractivity contribution in [1.29, 1.82) is 0 Å². The number of ether oxygens (including phenoxy) is 1. The molecule has 1 saturated heterocycles. The topological polar surface area (TPSA) is 87.7 Å². The van der Waals surface area contributed by atoms with E-state index in [1.54, 1.807) is 16.9 Å². The maximum absolute atomic E-state index is 12.5. The molecule has 0 radical (unpaired) electrons. The summed E-state index contributed by atoms with van der Waals surface area (Å²) in [5.41, 5.74) is 1.43. The predicted octanol–water partition coefficient (Wildman–Crippen LogP) is 1.01. The highest BCUT2D eigenvalue weighted by Gasteiger charge is 2.21. The summed E-state index contributed by atoms with van der Waals surface area (Å²) in [6, 6.07) is 7.70. The van der Waals surface area contributed by atoms with Gasteiger partial charge in [0, 0.05) is 50.7 Å². The van der Waals surface area contributed by atoms with Crippen LogP contribution in [0.3, 0.4) is 0 Å². The van der Waals surface area contributed by atoms with Gasteiger partial charge in [0.2, 0.25) is 12.4 Å². The Morgan fingerprint density at radius 3 is 2.54 bits per heavy atom. The van der Waals surface area contributed by atoms with E-state index in [0.29, 0.717) is 44.2 Å². The van der Waals surface area contributed by atoms with E-state index in [1.807, 2.05) is 24.3 Å². The van der Waals surface area contributed by atoms with Crippen molar-refractivity contribution in [3.05, 3.63) is 47.8 Å². The molecule has 0 bridgehead atoms. The number of aromatic nitrogens is 2. The second-order valence-electron chi connectivity index (χ2n) is 5.89. The van der Waals surface area contributed by atoms with Crippen molar-refractivity contribution >= 4 is 18.3 Å². The number of rotatable bonds is 6. The van der Waals surface area contributed by atoms with E-state index in [4.69, 9.17) is 4.74 Å². The lowest BCUT2D eigenvalue weighted by atomic mass is 10.2. The fourth-order valence-electron chi connectivity index (χ4n) is 2.77. The molecule has 0 saturated carbocycles. The summed E-state index contributed by atoms with van der Waals surface area (Å²) in [6.45, 7) is 2.66. The Labute approximate surface area is 151 Å². The van der Waals surface area contributed by atoms with Crippen LogP contribution in [0.15, 0.2) is 36.7 Å². The van der Waals surface area contributed by atoms with Crippen molar-refractivity contribution in [1.82, 2.24) is 19.8 Å². The van der Waals surface area contributed by atoms with Gasteiger partial charge in [-0.2, -0.15) is 0 Å². The van der Waals surface area contributed by atoms with Crippen LogP contribution < -0.4 is 10.1 Å². The number of hydrogen-bond acceptors (Lipinski definition) is 6. The van der Waals surface area contributed by atoms with Gasteiger partial charge < -0.3 is 19.9 Å². The van der Waals surface area contributed by atoms with Crippen LogP contribution in [0.5, 0.6) is 5.75 Å². The average Bonchev–Trinajstić information content (AvgIpc) is 2.72. The number of carbonyl (C=O) groups is 2. The lowest BCUT2D eigenvalue weighted by Gasteiger charge is -2.32. The molecule has 136 valence electrons. The lowest BCUT2D eigenvalue weighted by Crippen LogP contribution is -2.48. The minimum Gasteiger partial charge on any atom is -0.496 e. The normalized spacial score (nSPS) is 14.0. The number of carbonyl (C=O) groups excluding carboxylic acids is 2. The summed E-state index contributed by atoms with van der Waals surface area (Å²) in [7, 11) is 1.63. The van der Waals surface area contributed by atoms with E-state index in [-0.39, 0.29) is 5.91 Å². The Balaban J connectivity index is 1.58. The fraction of sp³-hybridized carbons (Fsp3) is 0.333. The molecule has 3 rings (SSSR count). The van der Waals surface area contributed by atoms with Gasteiger partial charge in [0.1, 0.15) is 5.75 Å². The van der Waals surface area contributed by atoms with Crippen molar-refractivity contribution in [2.24, 2.45) is 0 Å². The Bertz CT molecular complexity index is 758. The minimum atomic E-state index is -0.119. The summed E-state index contributed by atoms with van der Waals surface area (Å²) >= 11 is 0. The standard InChI is InChI=1S/C18H21N5O3/c1-26-16-5-3-2-4-14(16)10-19-18-20-11-15(12-21-18)17(25)23-8-6-22(13-24)7-9-23/h2-5,11-13H,6-10H2,1H3,(H,19,20,21). The van der Waals surface area contributed by atoms with Gasteiger partial charge in [-0.1, -0.05) is 18.2 Å². The average molecular weight is 355 g/mol. The highest BCUT2D eigenvalue weighted by Crippen LogP contribution is 2.18. The molecule has 1 aliphatic rings. The second kappa shape index (κ2) is 8.28. The second-order valence-corrected chi connectivity index (χ2v) is 5.89. The molecular formula is C18H21N5O3. The summed E-state index contributed by atoms with van der Waals surface area (Å²) < 4.78 is 5.31. The molecule has 0 aliphatic carbocycles. The first-order valence-electron chi connectivity index (χ1n) is 8.37. The summed E-state index contributed by atoms with van der Waals surface area (Å²) in [4.78, 5) is 35.0. The number of benzene rings is 1. The maximum atomic E-state index is 12.5. The zero-order valence-electron chi connectivity index (χ0n) is 14.6. The van der Waals surface area contributed by atoms with Crippen LogP contribution >= 0.6 is 0 Å². The zero-order chi connectivity index (χ0) is 18.4. The van der Waals surface area contributed by atoms with Gasteiger partial charge in [0.25, 0.3) is 5.91 Å². The van der Waals surface area contributed by atoms with Gasteiger partial charge in [-0.15, -0.1) is 0 Å². The van der Waals surface area contributed by atoms with Gasteiger partial charge in [0.15, 0.2) is 0 Å². The summed E-state index contributed by atoms with van der Waals surface area (Å²) in [6.07, 6.45) is 3.85. The van der Waals surface area contributed by atoms with E-state index in [2.05, 4.69) is 15.3 Å². The Morgan fingerprint density at radius 2 is 1.88 bits per heavy atom. The fourth-order valence-corrected chi connectivity index (χ4v) is 2.77. The molecule has 8 nitrogen and oxygen atoms in total. The lowest BCUT2D eigenvalue weighted by molar-refractivity contribution is -0.119.